The number of hydrogen-bond donors (Lipinski definition) is 2. The van der Waals surface area contributed by atoms with Gasteiger partial charge in [0.2, 0.25) is 0 Å². The first-order valence-electron chi connectivity index (χ1n) is 5.81. The first kappa shape index (κ1) is 13.2. The molecule has 1 unspecified atom stereocenters. The van der Waals surface area contributed by atoms with Crippen LogP contribution in [0.25, 0.3) is 0 Å². The largest absolute Gasteiger partial charge is 0.271 e. The summed E-state index contributed by atoms with van der Waals surface area (Å²) < 4.78 is 1.08. The number of aryl methyl sites for hydroxylation is 1. The average molecular weight is 306 g/mol. The highest BCUT2D eigenvalue weighted by Gasteiger charge is 2.11. The molecule has 2 aromatic rings. The van der Waals surface area contributed by atoms with Gasteiger partial charge in [-0.3, -0.25) is 16.3 Å². The van der Waals surface area contributed by atoms with Gasteiger partial charge in [-0.15, -0.1) is 0 Å². The lowest BCUT2D eigenvalue weighted by Gasteiger charge is -2.16. The Morgan fingerprint density at radius 1 is 1.28 bits per heavy atom. The van der Waals surface area contributed by atoms with Crippen LogP contribution >= 0.6 is 15.9 Å². The second kappa shape index (κ2) is 6.09. The lowest BCUT2D eigenvalue weighted by atomic mass is 10.00. The molecule has 94 valence electrons. The van der Waals surface area contributed by atoms with Crippen molar-refractivity contribution >= 4 is 15.9 Å². The zero-order valence-corrected chi connectivity index (χ0v) is 11.8. The van der Waals surface area contributed by atoms with Crippen molar-refractivity contribution in [2.75, 3.05) is 0 Å². The van der Waals surface area contributed by atoms with Crippen molar-refractivity contribution in [3.8, 4) is 0 Å². The first-order chi connectivity index (χ1) is 8.69. The Hall–Kier alpha value is -1.23. The Labute approximate surface area is 116 Å². The number of pyridine rings is 1. The van der Waals surface area contributed by atoms with E-state index in [1.54, 1.807) is 0 Å². The van der Waals surface area contributed by atoms with E-state index in [4.69, 9.17) is 5.84 Å². The van der Waals surface area contributed by atoms with Crippen LogP contribution in [-0.2, 0) is 6.42 Å². The van der Waals surface area contributed by atoms with Crippen LogP contribution in [0.2, 0.25) is 0 Å². The van der Waals surface area contributed by atoms with Crippen molar-refractivity contribution in [2.24, 2.45) is 5.84 Å². The second-order valence-electron chi connectivity index (χ2n) is 4.35. The normalized spacial score (nSPS) is 12.4. The van der Waals surface area contributed by atoms with E-state index in [0.717, 1.165) is 22.0 Å². The van der Waals surface area contributed by atoms with Crippen molar-refractivity contribution in [1.82, 2.24) is 10.4 Å². The van der Waals surface area contributed by atoms with Crippen LogP contribution in [0.4, 0.5) is 0 Å². The summed E-state index contributed by atoms with van der Waals surface area (Å²) in [5.74, 6) is 5.65. The van der Waals surface area contributed by atoms with Gasteiger partial charge in [0.25, 0.3) is 0 Å². The molecule has 2 rings (SSSR count). The van der Waals surface area contributed by atoms with Crippen LogP contribution in [0.15, 0.2) is 47.2 Å². The van der Waals surface area contributed by atoms with E-state index in [0.29, 0.717) is 0 Å². The Bertz CT molecular complexity index is 511. The van der Waals surface area contributed by atoms with Gasteiger partial charge in [0, 0.05) is 16.9 Å². The van der Waals surface area contributed by atoms with E-state index in [1.807, 2.05) is 31.5 Å². The zero-order valence-electron chi connectivity index (χ0n) is 10.2. The van der Waals surface area contributed by atoms with Crippen molar-refractivity contribution < 1.29 is 0 Å². The van der Waals surface area contributed by atoms with Crippen molar-refractivity contribution in [3.63, 3.8) is 0 Å². The predicted molar refractivity (Wildman–Crippen MR) is 76.9 cm³/mol. The van der Waals surface area contributed by atoms with Crippen LogP contribution < -0.4 is 11.3 Å². The molecular weight excluding hydrogens is 290 g/mol. The number of hydrogen-bond acceptors (Lipinski definition) is 3. The van der Waals surface area contributed by atoms with E-state index < -0.39 is 0 Å². The quantitative estimate of drug-likeness (QED) is 0.674. The monoisotopic (exact) mass is 305 g/mol. The summed E-state index contributed by atoms with van der Waals surface area (Å²) in [6.45, 7) is 2.03. The molecule has 3 nitrogen and oxygen atoms in total. The highest BCUT2D eigenvalue weighted by Crippen LogP contribution is 2.19. The van der Waals surface area contributed by atoms with Gasteiger partial charge in [0.15, 0.2) is 0 Å². The molecule has 0 spiro atoms. The lowest BCUT2D eigenvalue weighted by molar-refractivity contribution is 0.550. The molecule has 0 aliphatic carbocycles. The van der Waals surface area contributed by atoms with Gasteiger partial charge >= 0.3 is 0 Å². The summed E-state index contributed by atoms with van der Waals surface area (Å²) in [7, 11) is 0. The molecule has 4 heteroatoms. The lowest BCUT2D eigenvalue weighted by Crippen LogP contribution is -2.29. The van der Waals surface area contributed by atoms with E-state index >= 15 is 0 Å². The minimum absolute atomic E-state index is 0.0820. The molecule has 18 heavy (non-hydrogen) atoms. The first-order valence-corrected chi connectivity index (χ1v) is 6.60. The molecule has 1 heterocycles. The maximum atomic E-state index is 5.65. The van der Waals surface area contributed by atoms with Gasteiger partial charge in [0.05, 0.1) is 6.04 Å². The van der Waals surface area contributed by atoms with Crippen molar-refractivity contribution in [3.05, 3.63) is 63.9 Å². The predicted octanol–water partition coefficient (Wildman–Crippen LogP) is 2.90. The molecule has 1 aromatic carbocycles. The number of hydrazine groups is 1. The molecule has 0 amide bonds. The number of nitrogens with zero attached hydrogens (tertiary/aromatic N) is 1. The third-order valence-electron chi connectivity index (χ3n) is 2.85. The van der Waals surface area contributed by atoms with Crippen molar-refractivity contribution in [1.29, 1.82) is 0 Å². The Kier molecular flexibility index (Phi) is 4.47. The molecule has 0 aliphatic rings. The molecule has 0 radical (unpaired) electrons. The minimum atomic E-state index is 0.0820. The number of aromatic nitrogens is 1. The minimum Gasteiger partial charge on any atom is -0.271 e. The third-order valence-corrected chi connectivity index (χ3v) is 3.38. The molecule has 3 N–H and O–H groups in total. The van der Waals surface area contributed by atoms with Gasteiger partial charge in [-0.25, -0.2) is 0 Å². The Morgan fingerprint density at radius 3 is 2.61 bits per heavy atom. The molecule has 0 fully saturated rings. The van der Waals surface area contributed by atoms with E-state index in [2.05, 4.69) is 44.5 Å². The highest BCUT2D eigenvalue weighted by molar-refractivity contribution is 9.10. The van der Waals surface area contributed by atoms with E-state index in [9.17, 15) is 0 Å². The topological polar surface area (TPSA) is 50.9 Å². The molecular formula is C14H16BrN3. The van der Waals surface area contributed by atoms with Gasteiger partial charge in [-0.1, -0.05) is 34.1 Å². The SMILES string of the molecule is Cc1cncc(C(Cc2ccc(Br)cc2)NN)c1. The summed E-state index contributed by atoms with van der Waals surface area (Å²) in [5, 5.41) is 0. The van der Waals surface area contributed by atoms with Crippen LogP contribution in [0.3, 0.4) is 0 Å². The number of nitrogens with one attached hydrogen (secondary N) is 1. The van der Waals surface area contributed by atoms with Gasteiger partial charge < -0.3 is 0 Å². The van der Waals surface area contributed by atoms with Crippen LogP contribution in [0, 0.1) is 6.92 Å². The van der Waals surface area contributed by atoms with Gasteiger partial charge in [-0.2, -0.15) is 0 Å². The standard InChI is InChI=1S/C14H16BrN3/c1-10-6-12(9-17-8-10)14(18-16)7-11-2-4-13(15)5-3-11/h2-6,8-9,14,18H,7,16H2,1H3. The molecule has 0 saturated carbocycles. The van der Waals surface area contributed by atoms with Crippen LogP contribution in [0.5, 0.6) is 0 Å². The summed E-state index contributed by atoms with van der Waals surface area (Å²) in [4.78, 5) is 4.21. The summed E-state index contributed by atoms with van der Waals surface area (Å²) in [6.07, 6.45) is 4.54. The average Bonchev–Trinajstić information content (AvgIpc) is 2.38. The van der Waals surface area contributed by atoms with E-state index in [1.165, 1.54) is 5.56 Å². The summed E-state index contributed by atoms with van der Waals surface area (Å²) in [6, 6.07) is 10.5. The summed E-state index contributed by atoms with van der Waals surface area (Å²) in [5.41, 5.74) is 6.35. The van der Waals surface area contributed by atoms with Crippen LogP contribution in [-0.4, -0.2) is 4.98 Å². The Morgan fingerprint density at radius 2 is 2.00 bits per heavy atom. The molecule has 1 aromatic heterocycles. The fourth-order valence-corrected chi connectivity index (χ4v) is 2.16. The zero-order chi connectivity index (χ0) is 13.0. The molecule has 1 atom stereocenters. The fraction of sp³-hybridized carbons (Fsp3) is 0.214. The number of halogens is 1. The maximum Gasteiger partial charge on any atom is 0.0515 e. The fourth-order valence-electron chi connectivity index (χ4n) is 1.90. The molecule has 0 saturated heterocycles. The number of rotatable bonds is 4. The third kappa shape index (κ3) is 3.38. The van der Waals surface area contributed by atoms with Gasteiger partial charge in [0.1, 0.15) is 0 Å². The Balaban J connectivity index is 2.17. The van der Waals surface area contributed by atoms with Crippen LogP contribution in [0.1, 0.15) is 22.7 Å². The molecule has 0 aliphatic heterocycles. The molecule has 0 bridgehead atoms. The number of nitrogens with two attached hydrogens (primary N) is 1. The second-order valence-corrected chi connectivity index (χ2v) is 5.26. The van der Waals surface area contributed by atoms with E-state index in [-0.39, 0.29) is 6.04 Å². The smallest absolute Gasteiger partial charge is 0.0515 e. The summed E-state index contributed by atoms with van der Waals surface area (Å²) >= 11 is 3.43. The van der Waals surface area contributed by atoms with Gasteiger partial charge in [-0.05, 0) is 42.2 Å². The number of benzene rings is 1. The van der Waals surface area contributed by atoms with Crippen molar-refractivity contribution in [2.45, 2.75) is 19.4 Å². The highest BCUT2D eigenvalue weighted by atomic mass is 79.9. The maximum absolute atomic E-state index is 5.65.